The van der Waals surface area contributed by atoms with Crippen molar-refractivity contribution in [3.63, 3.8) is 0 Å². The maximum atomic E-state index is 13.5. The van der Waals surface area contributed by atoms with Crippen LogP contribution in [0.5, 0.6) is 34.8 Å². The van der Waals surface area contributed by atoms with Crippen molar-refractivity contribution in [1.29, 1.82) is 0 Å². The molecule has 2 N–H and O–H groups in total. The van der Waals surface area contributed by atoms with Crippen LogP contribution in [0.25, 0.3) is 34.4 Å². The summed E-state index contributed by atoms with van der Waals surface area (Å²) in [6.45, 7) is 2.87. The van der Waals surface area contributed by atoms with Crippen molar-refractivity contribution in [3.8, 4) is 69.2 Å². The van der Waals surface area contributed by atoms with E-state index in [4.69, 9.17) is 28.4 Å². The van der Waals surface area contributed by atoms with E-state index >= 15 is 0 Å². The van der Waals surface area contributed by atoms with Crippen LogP contribution in [0.2, 0.25) is 0 Å². The second kappa shape index (κ2) is 22.9. The summed E-state index contributed by atoms with van der Waals surface area (Å²) in [7, 11) is 4.53. The summed E-state index contributed by atoms with van der Waals surface area (Å²) in [5.41, 5.74) is 2.11. The van der Waals surface area contributed by atoms with Crippen molar-refractivity contribution in [1.82, 2.24) is 58.6 Å². The normalized spacial score (nSPS) is 13.2. The van der Waals surface area contributed by atoms with Gasteiger partial charge >= 0.3 is 0 Å². The lowest BCUT2D eigenvalue weighted by Crippen LogP contribution is -2.28. The van der Waals surface area contributed by atoms with Crippen molar-refractivity contribution in [3.05, 3.63) is 121 Å². The summed E-state index contributed by atoms with van der Waals surface area (Å²) in [6, 6.07) is 20.6. The Morgan fingerprint density at radius 2 is 0.838 bits per heavy atom. The summed E-state index contributed by atoms with van der Waals surface area (Å²) in [5, 5.41) is 36.1. The Kier molecular flexibility index (Phi) is 16.6. The highest BCUT2D eigenvalue weighted by atomic mass is 32.2. The van der Waals surface area contributed by atoms with E-state index in [-0.39, 0.29) is 34.7 Å². The molecule has 2 aromatic carbocycles. The molecule has 0 saturated heterocycles. The molecular formula is C48H56N12O12S2. The van der Waals surface area contributed by atoms with Crippen LogP contribution in [0.4, 0.5) is 0 Å². The first-order chi connectivity index (χ1) is 35.4. The quantitative estimate of drug-likeness (QED) is 0.108. The van der Waals surface area contributed by atoms with Crippen LogP contribution in [-0.2, 0) is 45.3 Å². The van der Waals surface area contributed by atoms with Crippen molar-refractivity contribution < 1.29 is 55.5 Å². The average Bonchev–Trinajstić information content (AvgIpc) is 4.24. The lowest BCUT2D eigenvalue weighted by atomic mass is 10.2. The van der Waals surface area contributed by atoms with Gasteiger partial charge in [-0.25, -0.2) is 36.8 Å². The summed E-state index contributed by atoms with van der Waals surface area (Å²) in [4.78, 5) is 17.1. The number of ether oxygens (including phenoxy) is 6. The van der Waals surface area contributed by atoms with E-state index in [9.17, 15) is 27.0 Å². The van der Waals surface area contributed by atoms with E-state index in [1.165, 1.54) is 78.3 Å². The van der Waals surface area contributed by atoms with Crippen molar-refractivity contribution in [2.45, 2.75) is 48.1 Å². The molecule has 0 amide bonds. The Balaban J connectivity index is 0.000000216. The predicted molar refractivity (Wildman–Crippen MR) is 269 cm³/mol. The number of aliphatic hydroxyl groups excluding tert-OH is 2. The highest BCUT2D eigenvalue weighted by molar-refractivity contribution is 7.91. The van der Waals surface area contributed by atoms with Gasteiger partial charge in [-0.3, -0.25) is 9.13 Å². The minimum absolute atomic E-state index is 0.0856. The number of aryl methyl sites for hydroxylation is 2. The number of aromatic nitrogens is 12. The number of rotatable bonds is 20. The number of pyridine rings is 2. The van der Waals surface area contributed by atoms with E-state index < -0.39 is 53.9 Å². The van der Waals surface area contributed by atoms with Crippen LogP contribution in [0.15, 0.2) is 97.8 Å². The molecule has 8 rings (SSSR count). The van der Waals surface area contributed by atoms with Gasteiger partial charge in [-0.2, -0.15) is 0 Å². The molecule has 74 heavy (non-hydrogen) atoms. The third kappa shape index (κ3) is 11.3. The van der Waals surface area contributed by atoms with Crippen molar-refractivity contribution >= 4 is 19.7 Å². The minimum Gasteiger partial charge on any atom is -0.494 e. The molecule has 4 atom stereocenters. The van der Waals surface area contributed by atoms with Crippen molar-refractivity contribution in [2.24, 2.45) is 14.1 Å². The van der Waals surface area contributed by atoms with Gasteiger partial charge in [-0.05, 0) is 50.2 Å². The molecule has 24 nitrogen and oxygen atoms in total. The first-order valence-electron chi connectivity index (χ1n) is 22.5. The molecule has 0 saturated carbocycles. The number of methoxy groups -OCH3 is 6. The van der Waals surface area contributed by atoms with E-state index in [1.54, 1.807) is 108 Å². The number of sulfone groups is 2. The van der Waals surface area contributed by atoms with Crippen LogP contribution in [0.3, 0.4) is 0 Å². The molecule has 0 radical (unpaired) electrons. The van der Waals surface area contributed by atoms with E-state index in [1.807, 2.05) is 0 Å². The molecule has 0 aliphatic heterocycles. The Bertz CT molecular complexity index is 3180. The Hall–Kier alpha value is -7.94. The van der Waals surface area contributed by atoms with Gasteiger partial charge in [0.15, 0.2) is 43.0 Å². The number of para-hydroxylation sites is 2. The molecule has 6 heterocycles. The van der Waals surface area contributed by atoms with Crippen LogP contribution < -0.4 is 28.4 Å². The summed E-state index contributed by atoms with van der Waals surface area (Å²) in [6.07, 6.45) is 3.48. The standard InChI is InChI=1S/2C24H28N6O6S/c2*1-15(23(31)17-12-29(2)14-25-17)37(32,33)13-20-27-28-24(16-8-6-11-21(26-16)36-5)30(20)22-18(34-3)9-7-10-19(22)35-4/h2*6-12,14-15,23,31H,13H2,1-5H3/t2*15-,23-/m10/s1. The lowest BCUT2D eigenvalue weighted by Gasteiger charge is -2.20. The summed E-state index contributed by atoms with van der Waals surface area (Å²) >= 11 is 0. The molecule has 0 fully saturated rings. The molecule has 8 aromatic rings. The maximum absolute atomic E-state index is 13.5. The molecule has 0 aliphatic rings. The lowest BCUT2D eigenvalue weighted by molar-refractivity contribution is 0.171. The smallest absolute Gasteiger partial charge is 0.213 e. The zero-order chi connectivity index (χ0) is 53.5. The van der Waals surface area contributed by atoms with Gasteiger partial charge in [0, 0.05) is 38.6 Å². The summed E-state index contributed by atoms with van der Waals surface area (Å²) in [5.74, 6) is 1.94. The third-order valence-corrected chi connectivity index (χ3v) is 15.9. The highest BCUT2D eigenvalue weighted by Crippen LogP contribution is 2.39. The molecular weight excluding hydrogens is 1000 g/mol. The first-order valence-corrected chi connectivity index (χ1v) is 25.9. The SMILES string of the molecule is COc1cccc(-c2nnc(CS(=O)(=O)[C@@H](C)[C@H](O)c3cn(C)cn3)n2-c2c(OC)cccc2OC)n1.COc1cccc(-c2nnc(CS(=O)(=O)[C@H](C)[C@@H](O)c3cn(C)cn3)n2-c2c(OC)cccc2OC)n1. The van der Waals surface area contributed by atoms with Crippen LogP contribution in [0.1, 0.15) is 49.1 Å². The predicted octanol–water partition coefficient (Wildman–Crippen LogP) is 4.25. The molecule has 6 aromatic heterocycles. The number of benzene rings is 2. The monoisotopic (exact) mass is 1060 g/mol. The topological polar surface area (TPSA) is 287 Å². The Labute approximate surface area is 427 Å². The number of aliphatic hydroxyl groups is 2. The number of nitrogens with zero attached hydrogens (tertiary/aromatic N) is 12. The molecule has 0 unspecified atom stereocenters. The van der Waals surface area contributed by atoms with E-state index in [0.29, 0.717) is 57.5 Å². The van der Waals surface area contributed by atoms with Gasteiger partial charge in [0.25, 0.3) is 0 Å². The van der Waals surface area contributed by atoms with Crippen LogP contribution in [0, 0.1) is 0 Å². The Morgan fingerprint density at radius 1 is 0.500 bits per heavy atom. The van der Waals surface area contributed by atoms with Gasteiger partial charge in [-0.15, -0.1) is 20.4 Å². The van der Waals surface area contributed by atoms with Gasteiger partial charge in [0.1, 0.15) is 69.5 Å². The van der Waals surface area contributed by atoms with E-state index in [0.717, 1.165) is 0 Å². The number of hydrogen-bond donors (Lipinski definition) is 2. The average molecular weight is 1060 g/mol. The molecule has 0 bridgehead atoms. The third-order valence-electron chi connectivity index (χ3n) is 11.8. The van der Waals surface area contributed by atoms with Crippen LogP contribution in [-0.4, -0.2) is 139 Å². The van der Waals surface area contributed by atoms with Crippen molar-refractivity contribution in [2.75, 3.05) is 42.7 Å². The molecule has 0 aliphatic carbocycles. The fourth-order valence-electron chi connectivity index (χ4n) is 7.70. The number of imidazole rings is 2. The highest BCUT2D eigenvalue weighted by Gasteiger charge is 2.36. The molecule has 392 valence electrons. The molecule has 0 spiro atoms. The summed E-state index contributed by atoms with van der Waals surface area (Å²) < 4.78 is 93.1. The largest absolute Gasteiger partial charge is 0.494 e. The van der Waals surface area contributed by atoms with Gasteiger partial charge < -0.3 is 47.8 Å². The van der Waals surface area contributed by atoms with E-state index in [2.05, 4.69) is 40.3 Å². The first kappa shape index (κ1) is 53.8. The zero-order valence-corrected chi connectivity index (χ0v) is 43.8. The van der Waals surface area contributed by atoms with Gasteiger partial charge in [-0.1, -0.05) is 24.3 Å². The zero-order valence-electron chi connectivity index (χ0n) is 42.1. The Morgan fingerprint density at radius 3 is 1.14 bits per heavy atom. The minimum atomic E-state index is -3.95. The number of hydrogen-bond acceptors (Lipinski definition) is 20. The molecule has 26 heteroatoms. The maximum Gasteiger partial charge on any atom is 0.213 e. The van der Waals surface area contributed by atoms with Gasteiger partial charge in [0.05, 0.1) is 77.2 Å². The second-order valence-corrected chi connectivity index (χ2v) is 21.3. The fraction of sp³-hybridized carbons (Fsp3) is 0.333. The van der Waals surface area contributed by atoms with Crippen LogP contribution >= 0.6 is 0 Å². The fourth-order valence-corrected chi connectivity index (χ4v) is 10.4. The van der Waals surface area contributed by atoms with Gasteiger partial charge in [0.2, 0.25) is 11.8 Å². The second-order valence-electron chi connectivity index (χ2n) is 16.5.